The van der Waals surface area contributed by atoms with Crippen LogP contribution in [0.25, 0.3) is 0 Å². The number of aliphatic hydroxyl groups excluding tert-OH is 1. The van der Waals surface area contributed by atoms with Crippen molar-refractivity contribution in [1.82, 2.24) is 4.90 Å². The van der Waals surface area contributed by atoms with E-state index < -0.39 is 73.6 Å². The average Bonchev–Trinajstić information content (AvgIpc) is 2.64. The van der Waals surface area contributed by atoms with Gasteiger partial charge in [0, 0.05) is 27.3 Å². The summed E-state index contributed by atoms with van der Waals surface area (Å²) >= 11 is 0. The Morgan fingerprint density at radius 2 is 2.22 bits per heavy atom. The molecule has 1 saturated heterocycles. The van der Waals surface area contributed by atoms with Crippen LogP contribution >= 0.6 is 0 Å². The molecule has 3 unspecified atom stereocenters. The van der Waals surface area contributed by atoms with E-state index in [1.807, 2.05) is 13.8 Å². The van der Waals surface area contributed by atoms with Gasteiger partial charge in [0.05, 0.1) is 27.1 Å². The highest BCUT2D eigenvalue weighted by Gasteiger charge is 2.38. The topological polar surface area (TPSA) is 41.9 Å². The largest absolute Gasteiger partial charge is 0.493 e. The maximum absolute atomic E-state index is 10.9. The molecule has 4 nitrogen and oxygen atoms in total. The first-order valence-corrected chi connectivity index (χ1v) is 7.68. The molecule has 1 N–H and O–H groups in total. The lowest BCUT2D eigenvalue weighted by molar-refractivity contribution is -0.0191. The Hall–Kier alpha value is -1.26. The van der Waals surface area contributed by atoms with E-state index in [1.54, 1.807) is 0 Å². The van der Waals surface area contributed by atoms with Crippen molar-refractivity contribution < 1.29 is 29.7 Å². The van der Waals surface area contributed by atoms with E-state index in [9.17, 15) is 5.11 Å². The fourth-order valence-corrected chi connectivity index (χ4v) is 3.09. The molecule has 1 fully saturated rings. The summed E-state index contributed by atoms with van der Waals surface area (Å²) in [6.07, 6.45) is -4.27. The van der Waals surface area contributed by atoms with E-state index in [1.165, 1.54) is 0 Å². The molecular formula is C19H29NO3. The van der Waals surface area contributed by atoms with Crippen LogP contribution in [0.4, 0.5) is 0 Å². The minimum atomic E-state index is -3.06. The number of piperidine rings is 1. The van der Waals surface area contributed by atoms with E-state index in [-0.39, 0.29) is 24.3 Å². The van der Waals surface area contributed by atoms with E-state index in [0.29, 0.717) is 0 Å². The van der Waals surface area contributed by atoms with Crippen LogP contribution in [0, 0.1) is 11.8 Å². The predicted octanol–water partition coefficient (Wildman–Crippen LogP) is 3.03. The van der Waals surface area contributed by atoms with Gasteiger partial charge in [-0.15, -0.1) is 0 Å². The number of benzene rings is 1. The Labute approximate surface area is 154 Å². The number of ether oxygens (including phenoxy) is 2. The molecule has 23 heavy (non-hydrogen) atoms. The van der Waals surface area contributed by atoms with E-state index in [4.69, 9.17) is 24.6 Å². The van der Waals surface area contributed by atoms with Crippen molar-refractivity contribution in [3.63, 3.8) is 0 Å². The number of methoxy groups -OCH3 is 2. The van der Waals surface area contributed by atoms with Gasteiger partial charge in [-0.2, -0.15) is 0 Å². The summed E-state index contributed by atoms with van der Waals surface area (Å²) in [5.74, 6) is -2.24. The van der Waals surface area contributed by atoms with Crippen LogP contribution in [0.2, 0.25) is 0 Å². The predicted molar refractivity (Wildman–Crippen MR) is 91.1 cm³/mol. The van der Waals surface area contributed by atoms with E-state index in [2.05, 4.69) is 0 Å². The van der Waals surface area contributed by atoms with Gasteiger partial charge in [-0.3, -0.25) is 4.90 Å². The quantitative estimate of drug-likeness (QED) is 0.921. The smallest absolute Gasteiger partial charge is 0.161 e. The van der Waals surface area contributed by atoms with Crippen molar-refractivity contribution in [2.24, 2.45) is 11.8 Å². The van der Waals surface area contributed by atoms with Gasteiger partial charge >= 0.3 is 0 Å². The number of rotatable bonds is 4. The molecule has 3 atom stereocenters. The standard InChI is InChI=1S/C19H29NO3/c1-12(2)7-14-11-20-6-5-13-8-18(22-3)19(23-4)9-15(13)16(20)10-17(14)21/h8-9,12,14,16-17,21H,5-7,10-11H2,1-4H3/i3D3,5D2,6D2,8D,9D,11D2. The zero-order chi connectivity index (χ0) is 26.2. The van der Waals surface area contributed by atoms with Crippen molar-refractivity contribution in [1.29, 1.82) is 0 Å². The van der Waals surface area contributed by atoms with Crippen LogP contribution in [0.3, 0.4) is 0 Å². The van der Waals surface area contributed by atoms with Gasteiger partial charge in [0.2, 0.25) is 0 Å². The summed E-state index contributed by atoms with van der Waals surface area (Å²) in [6.45, 7) is -1.85. The second-order valence-electron chi connectivity index (χ2n) is 6.29. The maximum atomic E-state index is 10.9. The molecule has 0 bridgehead atoms. The summed E-state index contributed by atoms with van der Waals surface area (Å²) in [5.41, 5.74) is -0.847. The summed E-state index contributed by atoms with van der Waals surface area (Å²) in [6, 6.07) is -2.66. The molecule has 0 aliphatic carbocycles. The van der Waals surface area contributed by atoms with Gasteiger partial charge in [-0.05, 0) is 54.3 Å². The lowest BCUT2D eigenvalue weighted by atomic mass is 9.79. The van der Waals surface area contributed by atoms with Gasteiger partial charge in [0.15, 0.2) is 11.5 Å². The van der Waals surface area contributed by atoms with Crippen molar-refractivity contribution in [3.8, 4) is 11.5 Å². The second-order valence-corrected chi connectivity index (χ2v) is 6.29. The molecule has 3 rings (SSSR count). The Balaban J connectivity index is 2.37. The van der Waals surface area contributed by atoms with Crippen LogP contribution < -0.4 is 9.47 Å². The van der Waals surface area contributed by atoms with Crippen molar-refractivity contribution >= 4 is 0 Å². The van der Waals surface area contributed by atoms with E-state index in [0.717, 1.165) is 12.0 Å². The summed E-state index contributed by atoms with van der Waals surface area (Å²) in [5, 5.41) is 10.9. The third-order valence-corrected chi connectivity index (χ3v) is 4.17. The first kappa shape index (κ1) is 7.75. The number of hydrogen-bond donors (Lipinski definition) is 1. The SMILES string of the molecule is [2H]c1c(OC)c(OC([2H])([2H])[2H])c([2H])c2c1C1CC(O)C(CC(C)C)C([2H])([2H])N1C([2H])([2H])C2([2H])[2H]. The highest BCUT2D eigenvalue weighted by Crippen LogP contribution is 2.43. The normalized spacial score (nSPS) is 41.6. The second kappa shape index (κ2) is 6.70. The van der Waals surface area contributed by atoms with Gasteiger partial charge in [-0.1, -0.05) is 13.8 Å². The molecule has 0 spiro atoms. The lowest BCUT2D eigenvalue weighted by Gasteiger charge is -2.46. The minimum absolute atomic E-state index is 0.0303. The van der Waals surface area contributed by atoms with Crippen LogP contribution in [-0.2, 0) is 6.37 Å². The summed E-state index contributed by atoms with van der Waals surface area (Å²) in [7, 11) is -1.94. The fourth-order valence-electron chi connectivity index (χ4n) is 3.09. The molecule has 0 radical (unpaired) electrons. The lowest BCUT2D eigenvalue weighted by Crippen LogP contribution is -2.48. The van der Waals surface area contributed by atoms with Crippen molar-refractivity contribution in [3.05, 3.63) is 23.2 Å². The molecule has 0 amide bonds. The maximum Gasteiger partial charge on any atom is 0.161 e. The van der Waals surface area contributed by atoms with Crippen LogP contribution in [-0.4, -0.2) is 43.3 Å². The first-order chi connectivity index (χ1) is 15.3. The zero-order valence-corrected chi connectivity index (χ0v) is 13.4. The third kappa shape index (κ3) is 3.20. The van der Waals surface area contributed by atoms with Crippen LogP contribution in [0.1, 0.15) is 58.9 Å². The van der Waals surface area contributed by atoms with Crippen molar-refractivity contribution in [2.45, 2.75) is 45.2 Å². The summed E-state index contributed by atoms with van der Waals surface area (Å²) in [4.78, 5) is 0.726. The highest BCUT2D eigenvalue weighted by molar-refractivity contribution is 5.49. The molecule has 128 valence electrons. The molecular weight excluding hydrogens is 290 g/mol. The van der Waals surface area contributed by atoms with Crippen LogP contribution in [0.5, 0.6) is 11.5 Å². The summed E-state index contributed by atoms with van der Waals surface area (Å²) < 4.78 is 102. The van der Waals surface area contributed by atoms with Crippen LogP contribution in [0.15, 0.2) is 12.1 Å². The molecule has 0 aromatic heterocycles. The number of aliphatic hydroxyl groups is 1. The fraction of sp³-hybridized carbons (Fsp3) is 0.684. The van der Waals surface area contributed by atoms with Gasteiger partial charge in [0.1, 0.15) is 0 Å². The number of fused-ring (bicyclic) bond motifs is 3. The Morgan fingerprint density at radius 3 is 2.91 bits per heavy atom. The Kier molecular flexibility index (Phi) is 2.26. The zero-order valence-electron chi connectivity index (χ0n) is 24.4. The third-order valence-electron chi connectivity index (χ3n) is 4.17. The molecule has 2 aliphatic heterocycles. The monoisotopic (exact) mass is 330 g/mol. The Bertz CT molecular complexity index is 964. The molecule has 2 aliphatic rings. The minimum Gasteiger partial charge on any atom is -0.493 e. The van der Waals surface area contributed by atoms with E-state index >= 15 is 0 Å². The average molecular weight is 331 g/mol. The van der Waals surface area contributed by atoms with Crippen molar-refractivity contribution in [2.75, 3.05) is 27.1 Å². The number of nitrogens with zero attached hydrogens (tertiary/aromatic N) is 1. The molecule has 1 aromatic rings. The molecule has 1 aromatic carbocycles. The highest BCUT2D eigenvalue weighted by atomic mass is 16.5. The number of hydrogen-bond acceptors (Lipinski definition) is 4. The molecule has 2 heterocycles. The first-order valence-electron chi connectivity index (χ1n) is 13.2. The van der Waals surface area contributed by atoms with Gasteiger partial charge in [-0.25, -0.2) is 0 Å². The van der Waals surface area contributed by atoms with Gasteiger partial charge < -0.3 is 14.6 Å². The van der Waals surface area contributed by atoms with Gasteiger partial charge in [0.25, 0.3) is 0 Å². The molecule has 4 heteroatoms. The Morgan fingerprint density at radius 1 is 1.43 bits per heavy atom. The molecule has 0 saturated carbocycles.